The van der Waals surface area contributed by atoms with Crippen LogP contribution in [0.25, 0.3) is 0 Å². The largest absolute Gasteiger partial charge is 0.551 e. The van der Waals surface area contributed by atoms with Gasteiger partial charge in [-0.3, -0.25) is 4.79 Å². The third-order valence-corrected chi connectivity index (χ3v) is 4.20. The molecule has 0 bridgehead atoms. The first-order chi connectivity index (χ1) is 6.24. The van der Waals surface area contributed by atoms with E-state index in [4.69, 9.17) is 4.43 Å². The van der Waals surface area contributed by atoms with Crippen molar-refractivity contribution in [1.29, 1.82) is 0 Å². The van der Waals surface area contributed by atoms with Gasteiger partial charge in [0.2, 0.25) is 10.5 Å². The van der Waals surface area contributed by atoms with Crippen LogP contribution in [0.4, 0.5) is 0 Å². The van der Waals surface area contributed by atoms with E-state index in [0.29, 0.717) is 22.7 Å². The maximum Gasteiger partial charge on any atom is 0.204 e. The van der Waals surface area contributed by atoms with Crippen LogP contribution in [-0.2, 0) is 9.22 Å². The number of hydrogen-bond acceptors (Lipinski definition) is 2. The summed E-state index contributed by atoms with van der Waals surface area (Å²) in [5.74, 6) is 0.809. The molecular weight excluding hydrogens is 192 g/mol. The first-order valence-corrected chi connectivity index (χ1v) is 5.84. The highest BCUT2D eigenvalue weighted by Crippen LogP contribution is 2.52. The standard InChI is InChI=1S/C11H20O2Si/c1-7-9(13-14)8(12)6-11(7,5)10(2,3)4/h6H2,1-5,14H3/t11-/m0/s1. The normalized spacial score (nSPS) is 28.8. The smallest absolute Gasteiger partial charge is 0.204 e. The van der Waals surface area contributed by atoms with Crippen molar-refractivity contribution in [1.82, 2.24) is 0 Å². The Morgan fingerprint density at radius 3 is 2.14 bits per heavy atom. The molecule has 0 aromatic heterocycles. The second-order valence-corrected chi connectivity index (χ2v) is 5.75. The average molecular weight is 212 g/mol. The zero-order valence-corrected chi connectivity index (χ0v) is 12.0. The number of carbonyl (C=O) groups is 1. The van der Waals surface area contributed by atoms with Crippen molar-refractivity contribution in [3.63, 3.8) is 0 Å². The number of Topliss-reactive ketones (excluding diaryl/α,β-unsaturated/α-hetero) is 1. The molecule has 0 amide bonds. The van der Waals surface area contributed by atoms with Crippen LogP contribution >= 0.6 is 0 Å². The summed E-state index contributed by atoms with van der Waals surface area (Å²) >= 11 is 0. The van der Waals surface area contributed by atoms with Crippen molar-refractivity contribution in [2.75, 3.05) is 0 Å². The van der Waals surface area contributed by atoms with E-state index in [1.807, 2.05) is 6.92 Å². The lowest BCUT2D eigenvalue weighted by atomic mass is 9.64. The third kappa shape index (κ3) is 1.43. The van der Waals surface area contributed by atoms with E-state index in [-0.39, 0.29) is 16.6 Å². The summed E-state index contributed by atoms with van der Waals surface area (Å²) < 4.78 is 5.30. The molecule has 0 aliphatic heterocycles. The van der Waals surface area contributed by atoms with Gasteiger partial charge >= 0.3 is 0 Å². The van der Waals surface area contributed by atoms with E-state index in [1.165, 1.54) is 0 Å². The lowest BCUT2D eigenvalue weighted by Crippen LogP contribution is -2.32. The fourth-order valence-corrected chi connectivity index (χ4v) is 2.62. The Morgan fingerprint density at radius 1 is 1.43 bits per heavy atom. The minimum atomic E-state index is -0.0379. The molecule has 2 nitrogen and oxygen atoms in total. The van der Waals surface area contributed by atoms with Gasteiger partial charge in [0.1, 0.15) is 5.76 Å². The van der Waals surface area contributed by atoms with Gasteiger partial charge in [-0.15, -0.1) is 0 Å². The van der Waals surface area contributed by atoms with E-state index in [1.54, 1.807) is 0 Å². The van der Waals surface area contributed by atoms with Gasteiger partial charge < -0.3 is 4.43 Å². The Kier molecular flexibility index (Phi) is 2.65. The first-order valence-electron chi connectivity index (χ1n) is 5.02. The Bertz CT molecular complexity index is 299. The summed E-state index contributed by atoms with van der Waals surface area (Å²) in [5, 5.41) is 0. The summed E-state index contributed by atoms with van der Waals surface area (Å²) in [6.45, 7) is 10.7. The molecule has 0 aromatic rings. The number of carbonyl (C=O) groups excluding carboxylic acids is 1. The molecule has 0 unspecified atom stereocenters. The van der Waals surface area contributed by atoms with Crippen LogP contribution in [0.2, 0.25) is 0 Å². The van der Waals surface area contributed by atoms with Crippen LogP contribution in [0.1, 0.15) is 41.0 Å². The Morgan fingerprint density at radius 2 is 1.93 bits per heavy atom. The first kappa shape index (κ1) is 11.5. The SMILES string of the molecule is CC1=C(O[SiH3])C(=O)C[C@]1(C)C(C)(C)C. The number of ketones is 1. The molecule has 1 aliphatic carbocycles. The van der Waals surface area contributed by atoms with Crippen molar-refractivity contribution >= 4 is 16.3 Å². The lowest BCUT2D eigenvalue weighted by molar-refractivity contribution is -0.118. The van der Waals surface area contributed by atoms with Crippen LogP contribution < -0.4 is 0 Å². The van der Waals surface area contributed by atoms with Gasteiger partial charge in [0.15, 0.2) is 5.78 Å². The summed E-state index contributed by atoms with van der Waals surface area (Å²) in [6.07, 6.45) is 0.597. The Balaban J connectivity index is 3.20. The second-order valence-electron chi connectivity index (χ2n) is 5.34. The molecule has 0 fully saturated rings. The Hall–Kier alpha value is -0.573. The monoisotopic (exact) mass is 212 g/mol. The van der Waals surface area contributed by atoms with Crippen molar-refractivity contribution in [3.8, 4) is 0 Å². The van der Waals surface area contributed by atoms with E-state index >= 15 is 0 Å². The van der Waals surface area contributed by atoms with Crippen molar-refractivity contribution in [3.05, 3.63) is 11.3 Å². The van der Waals surface area contributed by atoms with Gasteiger partial charge in [-0.05, 0) is 17.9 Å². The summed E-state index contributed by atoms with van der Waals surface area (Å²) in [6, 6.07) is 0. The van der Waals surface area contributed by atoms with E-state index < -0.39 is 0 Å². The molecule has 1 aliphatic rings. The van der Waals surface area contributed by atoms with E-state index in [2.05, 4.69) is 27.7 Å². The van der Waals surface area contributed by atoms with Crippen LogP contribution in [0.15, 0.2) is 11.3 Å². The highest BCUT2D eigenvalue weighted by molar-refractivity contribution is 6.06. The van der Waals surface area contributed by atoms with Gasteiger partial charge in [0.05, 0.1) is 0 Å². The maximum atomic E-state index is 11.7. The summed E-state index contributed by atoms with van der Waals surface area (Å²) in [7, 11) is 0.595. The molecule has 3 heteroatoms. The molecule has 80 valence electrons. The zero-order valence-electron chi connectivity index (χ0n) is 10.0. The van der Waals surface area contributed by atoms with Gasteiger partial charge in [-0.2, -0.15) is 0 Å². The third-order valence-electron chi connectivity index (χ3n) is 3.80. The topological polar surface area (TPSA) is 26.3 Å². The fourth-order valence-electron chi connectivity index (χ4n) is 2.09. The zero-order chi connectivity index (χ0) is 11.1. The van der Waals surface area contributed by atoms with Crippen LogP contribution in [-0.4, -0.2) is 16.3 Å². The van der Waals surface area contributed by atoms with Crippen LogP contribution in [0, 0.1) is 10.8 Å². The summed E-state index contributed by atoms with van der Waals surface area (Å²) in [4.78, 5) is 11.7. The lowest BCUT2D eigenvalue weighted by Gasteiger charge is -2.39. The highest BCUT2D eigenvalue weighted by atomic mass is 28.2. The molecule has 0 N–H and O–H groups in total. The summed E-state index contributed by atoms with van der Waals surface area (Å²) in [5.41, 5.74) is 1.20. The minimum absolute atomic E-state index is 0.0379. The van der Waals surface area contributed by atoms with Gasteiger partial charge in [-0.1, -0.05) is 27.7 Å². The molecule has 0 heterocycles. The maximum absolute atomic E-state index is 11.7. The molecule has 0 saturated heterocycles. The fraction of sp³-hybridized carbons (Fsp3) is 0.727. The van der Waals surface area contributed by atoms with Gasteiger partial charge in [-0.25, -0.2) is 0 Å². The van der Waals surface area contributed by atoms with Gasteiger partial charge in [0.25, 0.3) is 0 Å². The molecule has 0 spiro atoms. The van der Waals surface area contributed by atoms with Gasteiger partial charge in [0, 0.05) is 11.8 Å². The highest BCUT2D eigenvalue weighted by Gasteiger charge is 2.47. The van der Waals surface area contributed by atoms with E-state index in [9.17, 15) is 4.79 Å². The number of hydrogen-bond donors (Lipinski definition) is 0. The second kappa shape index (κ2) is 3.23. The van der Waals surface area contributed by atoms with Crippen molar-refractivity contribution in [2.24, 2.45) is 10.8 Å². The molecule has 1 atom stereocenters. The Labute approximate surface area is 89.3 Å². The molecule has 0 aromatic carbocycles. The molecule has 0 radical (unpaired) electrons. The van der Waals surface area contributed by atoms with Crippen LogP contribution in [0.3, 0.4) is 0 Å². The molecule has 1 rings (SSSR count). The number of allylic oxidation sites excluding steroid dienone is 2. The minimum Gasteiger partial charge on any atom is -0.551 e. The molecule has 14 heavy (non-hydrogen) atoms. The van der Waals surface area contributed by atoms with Crippen molar-refractivity contribution in [2.45, 2.75) is 41.0 Å². The molecular formula is C11H20O2Si. The number of rotatable bonds is 1. The predicted molar refractivity (Wildman–Crippen MR) is 60.9 cm³/mol. The quantitative estimate of drug-likeness (QED) is 0.617. The molecule has 0 saturated carbocycles. The van der Waals surface area contributed by atoms with Crippen molar-refractivity contribution < 1.29 is 9.22 Å². The predicted octanol–water partition coefficient (Wildman–Crippen LogP) is 1.58. The average Bonchev–Trinajstić information content (AvgIpc) is 2.23. The van der Waals surface area contributed by atoms with Crippen LogP contribution in [0.5, 0.6) is 0 Å². The van der Waals surface area contributed by atoms with E-state index in [0.717, 1.165) is 5.57 Å².